The fourth-order valence-electron chi connectivity index (χ4n) is 1.53. The zero-order valence-electron chi connectivity index (χ0n) is 9.93. The van der Waals surface area contributed by atoms with E-state index in [-0.39, 0.29) is 11.6 Å². The minimum Gasteiger partial charge on any atom is -0.289 e. The first-order valence-electron chi connectivity index (χ1n) is 5.57. The number of benzene rings is 1. The van der Waals surface area contributed by atoms with Crippen molar-refractivity contribution in [3.8, 4) is 0 Å². The van der Waals surface area contributed by atoms with Gasteiger partial charge in [0.15, 0.2) is 5.78 Å². The van der Waals surface area contributed by atoms with Crippen LogP contribution in [-0.4, -0.2) is 10.8 Å². The van der Waals surface area contributed by atoms with Crippen LogP contribution in [0, 0.1) is 12.7 Å². The monoisotopic (exact) mass is 241 g/mol. The number of hydrogen-bond acceptors (Lipinski definition) is 2. The number of carbonyl (C=O) groups excluding carboxylic acids is 1. The summed E-state index contributed by atoms with van der Waals surface area (Å²) in [7, 11) is 0. The lowest BCUT2D eigenvalue weighted by molar-refractivity contribution is 0.104. The summed E-state index contributed by atoms with van der Waals surface area (Å²) >= 11 is 0. The number of nitrogens with zero attached hydrogens (tertiary/aromatic N) is 1. The molecule has 0 N–H and O–H groups in total. The number of allylic oxidation sites excluding steroid dienone is 1. The van der Waals surface area contributed by atoms with Crippen molar-refractivity contribution in [1.82, 2.24) is 4.98 Å². The predicted molar refractivity (Wildman–Crippen MR) is 68.7 cm³/mol. The normalized spacial score (nSPS) is 10.8. The molecule has 0 unspecified atom stereocenters. The Morgan fingerprint density at radius 2 is 1.89 bits per heavy atom. The molecule has 0 radical (unpaired) electrons. The van der Waals surface area contributed by atoms with Crippen LogP contribution in [-0.2, 0) is 0 Å². The van der Waals surface area contributed by atoms with Crippen LogP contribution in [0.1, 0.15) is 21.7 Å². The molecule has 2 aromatic rings. The summed E-state index contributed by atoms with van der Waals surface area (Å²) in [5.74, 6) is -0.519. The van der Waals surface area contributed by atoms with Gasteiger partial charge in [0.05, 0.1) is 5.69 Å². The zero-order chi connectivity index (χ0) is 13.0. The molecule has 1 aromatic carbocycles. The highest BCUT2D eigenvalue weighted by Gasteiger charge is 2.01. The fourth-order valence-corrected chi connectivity index (χ4v) is 1.53. The molecule has 3 heteroatoms. The van der Waals surface area contributed by atoms with Crippen LogP contribution in [0.15, 0.2) is 48.5 Å². The molecule has 1 heterocycles. The number of aromatic nitrogens is 1. The summed E-state index contributed by atoms with van der Waals surface area (Å²) in [6, 6.07) is 11.1. The smallest absolute Gasteiger partial charge is 0.185 e. The van der Waals surface area contributed by atoms with Crippen LogP contribution < -0.4 is 0 Å². The summed E-state index contributed by atoms with van der Waals surface area (Å²) in [6.45, 7) is 1.89. The van der Waals surface area contributed by atoms with E-state index >= 15 is 0 Å². The molecule has 0 saturated carbocycles. The van der Waals surface area contributed by atoms with E-state index in [0.29, 0.717) is 5.56 Å². The van der Waals surface area contributed by atoms with E-state index in [9.17, 15) is 9.18 Å². The van der Waals surface area contributed by atoms with E-state index in [1.807, 2.05) is 25.1 Å². The van der Waals surface area contributed by atoms with Gasteiger partial charge in [0.25, 0.3) is 0 Å². The zero-order valence-corrected chi connectivity index (χ0v) is 9.93. The molecule has 0 aliphatic rings. The summed E-state index contributed by atoms with van der Waals surface area (Å²) < 4.78 is 12.7. The van der Waals surface area contributed by atoms with Gasteiger partial charge >= 0.3 is 0 Å². The van der Waals surface area contributed by atoms with Gasteiger partial charge in [0.2, 0.25) is 0 Å². The Morgan fingerprint density at radius 1 is 1.17 bits per heavy atom. The van der Waals surface area contributed by atoms with Crippen LogP contribution in [0.5, 0.6) is 0 Å². The molecule has 2 nitrogen and oxygen atoms in total. The SMILES string of the molecule is Cc1cccc(C=CC(=O)c2ccc(F)cc2)n1. The lowest BCUT2D eigenvalue weighted by atomic mass is 10.1. The molecule has 0 bridgehead atoms. The highest BCUT2D eigenvalue weighted by Crippen LogP contribution is 2.06. The maximum absolute atomic E-state index is 12.7. The van der Waals surface area contributed by atoms with Gasteiger partial charge in [-0.1, -0.05) is 6.07 Å². The highest BCUT2D eigenvalue weighted by atomic mass is 19.1. The average molecular weight is 241 g/mol. The van der Waals surface area contributed by atoms with Crippen LogP contribution in [0.4, 0.5) is 4.39 Å². The van der Waals surface area contributed by atoms with Crippen molar-refractivity contribution in [3.63, 3.8) is 0 Å². The first kappa shape index (κ1) is 12.2. The van der Waals surface area contributed by atoms with Gasteiger partial charge in [-0.2, -0.15) is 0 Å². The predicted octanol–water partition coefficient (Wildman–Crippen LogP) is 3.43. The maximum Gasteiger partial charge on any atom is 0.185 e. The Kier molecular flexibility index (Phi) is 3.63. The second kappa shape index (κ2) is 5.36. The van der Waals surface area contributed by atoms with Crippen molar-refractivity contribution < 1.29 is 9.18 Å². The molecular weight excluding hydrogens is 229 g/mol. The topological polar surface area (TPSA) is 30.0 Å². The molecule has 90 valence electrons. The molecule has 0 saturated heterocycles. The summed E-state index contributed by atoms with van der Waals surface area (Å²) in [5, 5.41) is 0. The van der Waals surface area contributed by atoms with Crippen molar-refractivity contribution in [1.29, 1.82) is 0 Å². The van der Waals surface area contributed by atoms with E-state index in [1.165, 1.54) is 30.3 Å². The highest BCUT2D eigenvalue weighted by molar-refractivity contribution is 6.06. The van der Waals surface area contributed by atoms with E-state index in [2.05, 4.69) is 4.98 Å². The van der Waals surface area contributed by atoms with Gasteiger partial charge in [-0.05, 0) is 55.5 Å². The molecule has 18 heavy (non-hydrogen) atoms. The van der Waals surface area contributed by atoms with Gasteiger partial charge < -0.3 is 0 Å². The molecule has 0 atom stereocenters. The Bertz CT molecular complexity index is 588. The molecule has 0 aliphatic carbocycles. The molecule has 0 spiro atoms. The Hall–Kier alpha value is -2.29. The van der Waals surface area contributed by atoms with E-state index in [4.69, 9.17) is 0 Å². The number of ketones is 1. The summed E-state index contributed by atoms with van der Waals surface area (Å²) in [6.07, 6.45) is 3.09. The van der Waals surface area contributed by atoms with Gasteiger partial charge in [-0.3, -0.25) is 9.78 Å². The van der Waals surface area contributed by atoms with Gasteiger partial charge in [0, 0.05) is 11.3 Å². The van der Waals surface area contributed by atoms with Gasteiger partial charge in [0.1, 0.15) is 5.82 Å². The van der Waals surface area contributed by atoms with E-state index in [0.717, 1.165) is 11.4 Å². The third-order valence-corrected chi connectivity index (χ3v) is 2.44. The van der Waals surface area contributed by atoms with Gasteiger partial charge in [-0.25, -0.2) is 4.39 Å². The molecule has 0 amide bonds. The van der Waals surface area contributed by atoms with Crippen LogP contribution in [0.2, 0.25) is 0 Å². The number of halogens is 1. The first-order chi connectivity index (χ1) is 8.65. The summed E-state index contributed by atoms with van der Waals surface area (Å²) in [4.78, 5) is 16.0. The number of hydrogen-bond donors (Lipinski definition) is 0. The molecule has 0 fully saturated rings. The molecule has 2 rings (SSSR count). The van der Waals surface area contributed by atoms with E-state index < -0.39 is 0 Å². The molecular formula is C15H12FNO. The van der Waals surface area contributed by atoms with Crippen molar-refractivity contribution in [2.45, 2.75) is 6.92 Å². The number of aryl methyl sites for hydroxylation is 1. The molecule has 0 aliphatic heterocycles. The van der Waals surface area contributed by atoms with Crippen molar-refractivity contribution in [3.05, 3.63) is 71.3 Å². The quantitative estimate of drug-likeness (QED) is 0.608. The average Bonchev–Trinajstić information content (AvgIpc) is 2.37. The Labute approximate surface area is 105 Å². The van der Waals surface area contributed by atoms with Crippen LogP contribution >= 0.6 is 0 Å². The Morgan fingerprint density at radius 3 is 2.56 bits per heavy atom. The maximum atomic E-state index is 12.7. The lowest BCUT2D eigenvalue weighted by Gasteiger charge is -1.96. The summed E-state index contributed by atoms with van der Waals surface area (Å²) in [5.41, 5.74) is 2.08. The minimum atomic E-state index is -0.351. The van der Waals surface area contributed by atoms with Crippen LogP contribution in [0.25, 0.3) is 6.08 Å². The van der Waals surface area contributed by atoms with Crippen LogP contribution in [0.3, 0.4) is 0 Å². The minimum absolute atomic E-state index is 0.168. The molecule has 1 aromatic heterocycles. The standard InChI is InChI=1S/C15H12FNO/c1-11-3-2-4-14(17-11)9-10-15(18)12-5-7-13(16)8-6-12/h2-10H,1H3. The number of rotatable bonds is 3. The van der Waals surface area contributed by atoms with Crippen molar-refractivity contribution in [2.75, 3.05) is 0 Å². The Balaban J connectivity index is 2.14. The van der Waals surface area contributed by atoms with Gasteiger partial charge in [-0.15, -0.1) is 0 Å². The second-order valence-electron chi connectivity index (χ2n) is 3.91. The third kappa shape index (κ3) is 3.10. The van der Waals surface area contributed by atoms with Crippen molar-refractivity contribution >= 4 is 11.9 Å². The van der Waals surface area contributed by atoms with E-state index in [1.54, 1.807) is 6.08 Å². The lowest BCUT2D eigenvalue weighted by Crippen LogP contribution is -1.94. The second-order valence-corrected chi connectivity index (χ2v) is 3.91. The number of carbonyl (C=O) groups is 1. The largest absolute Gasteiger partial charge is 0.289 e. The first-order valence-corrected chi connectivity index (χ1v) is 5.57. The number of pyridine rings is 1. The third-order valence-electron chi connectivity index (χ3n) is 2.44. The van der Waals surface area contributed by atoms with Crippen molar-refractivity contribution in [2.24, 2.45) is 0 Å². The fraction of sp³-hybridized carbons (Fsp3) is 0.0667.